The van der Waals surface area contributed by atoms with Gasteiger partial charge in [0.2, 0.25) is 15.9 Å². The molecule has 2 rings (SSSR count). The van der Waals surface area contributed by atoms with Crippen LogP contribution in [0.5, 0.6) is 0 Å². The third-order valence-corrected chi connectivity index (χ3v) is 5.95. The first-order chi connectivity index (χ1) is 13.0. The Labute approximate surface area is 167 Å². The summed E-state index contributed by atoms with van der Waals surface area (Å²) in [4.78, 5) is 24.8. The second kappa shape index (κ2) is 9.05. The molecule has 0 heterocycles. The van der Waals surface area contributed by atoms with Gasteiger partial charge in [0, 0.05) is 11.6 Å². The van der Waals surface area contributed by atoms with Gasteiger partial charge in [0.25, 0.3) is 5.91 Å². The Morgan fingerprint density at radius 2 is 1.68 bits per heavy atom. The second-order valence-electron chi connectivity index (χ2n) is 8.63. The summed E-state index contributed by atoms with van der Waals surface area (Å²) >= 11 is 0. The van der Waals surface area contributed by atoms with Gasteiger partial charge >= 0.3 is 0 Å². The maximum Gasteiger partial charge on any atom is 0.253 e. The van der Waals surface area contributed by atoms with Gasteiger partial charge in [0.1, 0.15) is 5.75 Å². The predicted molar refractivity (Wildman–Crippen MR) is 111 cm³/mol. The number of hydrogen-bond donors (Lipinski definition) is 3. The van der Waals surface area contributed by atoms with Crippen molar-refractivity contribution in [1.82, 2.24) is 10.0 Å². The van der Waals surface area contributed by atoms with Crippen molar-refractivity contribution in [2.75, 3.05) is 11.1 Å². The second-order valence-corrected chi connectivity index (χ2v) is 10.4. The molecule has 2 amide bonds. The molecule has 0 bridgehead atoms. The first-order valence-electron chi connectivity index (χ1n) is 9.66. The Morgan fingerprint density at radius 1 is 1.07 bits per heavy atom. The van der Waals surface area contributed by atoms with Crippen molar-refractivity contribution in [3.8, 4) is 0 Å². The summed E-state index contributed by atoms with van der Waals surface area (Å²) in [6.45, 7) is 7.73. The lowest BCUT2D eigenvalue weighted by atomic mass is 9.88. The molecule has 0 aliphatic heterocycles. The van der Waals surface area contributed by atoms with Gasteiger partial charge in [-0.2, -0.15) is 0 Å². The molecule has 28 heavy (non-hydrogen) atoms. The van der Waals surface area contributed by atoms with Crippen LogP contribution in [0.4, 0.5) is 5.69 Å². The summed E-state index contributed by atoms with van der Waals surface area (Å²) in [5.41, 5.74) is 0.146. The summed E-state index contributed by atoms with van der Waals surface area (Å²) in [6.07, 6.45) is 3.54. The maximum atomic E-state index is 12.4. The topological polar surface area (TPSA) is 104 Å². The number of anilines is 1. The van der Waals surface area contributed by atoms with E-state index in [1.165, 1.54) is 0 Å². The SMILES string of the molecule is CC1CCC(NS(=O)(=O)CC(=O)Nc2ccccc2C(=O)NC(C)(C)C)CC1. The monoisotopic (exact) mass is 409 g/mol. The number of para-hydroxylation sites is 1. The quantitative estimate of drug-likeness (QED) is 0.672. The van der Waals surface area contributed by atoms with Gasteiger partial charge in [-0.3, -0.25) is 9.59 Å². The van der Waals surface area contributed by atoms with Crippen molar-refractivity contribution < 1.29 is 18.0 Å². The standard InChI is InChI=1S/C20H31N3O4S/c1-14-9-11-15(12-10-14)23-28(26,27)13-18(24)21-17-8-6-5-7-16(17)19(25)22-20(2,3)4/h5-8,14-15,23H,9-13H2,1-4H3,(H,21,24)(H,22,25). The molecule has 0 saturated heterocycles. The molecule has 156 valence electrons. The minimum absolute atomic E-state index is 0.112. The number of carbonyl (C=O) groups excluding carboxylic acids is 2. The van der Waals surface area contributed by atoms with Crippen molar-refractivity contribution in [1.29, 1.82) is 0 Å². The van der Waals surface area contributed by atoms with Crippen LogP contribution in [-0.2, 0) is 14.8 Å². The van der Waals surface area contributed by atoms with Crippen LogP contribution in [0.1, 0.15) is 63.7 Å². The Hall–Kier alpha value is -1.93. The molecular weight excluding hydrogens is 378 g/mol. The molecule has 1 aliphatic rings. The molecule has 0 unspecified atom stereocenters. The van der Waals surface area contributed by atoms with Crippen LogP contribution >= 0.6 is 0 Å². The van der Waals surface area contributed by atoms with E-state index in [9.17, 15) is 18.0 Å². The average Bonchev–Trinajstić information content (AvgIpc) is 2.55. The van der Waals surface area contributed by atoms with E-state index >= 15 is 0 Å². The number of rotatable bonds is 6. The molecule has 0 radical (unpaired) electrons. The van der Waals surface area contributed by atoms with Crippen molar-refractivity contribution in [3.63, 3.8) is 0 Å². The van der Waals surface area contributed by atoms with Gasteiger partial charge in [0.05, 0.1) is 11.3 Å². The molecular formula is C20H31N3O4S. The maximum absolute atomic E-state index is 12.4. The van der Waals surface area contributed by atoms with Gasteiger partial charge in [-0.1, -0.05) is 19.1 Å². The van der Waals surface area contributed by atoms with E-state index in [0.29, 0.717) is 5.92 Å². The lowest BCUT2D eigenvalue weighted by Crippen LogP contribution is -2.42. The molecule has 7 nitrogen and oxygen atoms in total. The molecule has 0 aromatic heterocycles. The van der Waals surface area contributed by atoms with E-state index in [0.717, 1.165) is 25.7 Å². The summed E-state index contributed by atoms with van der Waals surface area (Å²) in [5.74, 6) is -1.07. The fourth-order valence-electron chi connectivity index (χ4n) is 3.23. The van der Waals surface area contributed by atoms with Gasteiger partial charge in [-0.25, -0.2) is 13.1 Å². The van der Waals surface area contributed by atoms with Crippen molar-refractivity contribution in [2.45, 2.75) is 65.0 Å². The molecule has 1 aromatic carbocycles. The van der Waals surface area contributed by atoms with Crippen LogP contribution in [0.25, 0.3) is 0 Å². The Balaban J connectivity index is 2.00. The van der Waals surface area contributed by atoms with E-state index in [2.05, 4.69) is 22.3 Å². The van der Waals surface area contributed by atoms with E-state index < -0.39 is 27.2 Å². The largest absolute Gasteiger partial charge is 0.347 e. The lowest BCUT2D eigenvalue weighted by Gasteiger charge is -2.26. The van der Waals surface area contributed by atoms with Crippen molar-refractivity contribution in [3.05, 3.63) is 29.8 Å². The number of carbonyl (C=O) groups is 2. The van der Waals surface area contributed by atoms with Gasteiger partial charge in [0.15, 0.2) is 0 Å². The molecule has 1 saturated carbocycles. The average molecular weight is 410 g/mol. The van der Waals surface area contributed by atoms with Crippen molar-refractivity contribution in [2.24, 2.45) is 5.92 Å². The van der Waals surface area contributed by atoms with Gasteiger partial charge in [-0.15, -0.1) is 0 Å². The minimum atomic E-state index is -3.74. The molecule has 3 N–H and O–H groups in total. The normalized spacial score (nSPS) is 20.4. The summed E-state index contributed by atoms with van der Waals surface area (Å²) in [6, 6.07) is 6.43. The highest BCUT2D eigenvalue weighted by molar-refractivity contribution is 7.90. The van der Waals surface area contributed by atoms with Crippen LogP contribution in [0.15, 0.2) is 24.3 Å². The molecule has 0 spiro atoms. The highest BCUT2D eigenvalue weighted by atomic mass is 32.2. The van der Waals surface area contributed by atoms with Crippen LogP contribution in [0, 0.1) is 5.92 Å². The number of benzene rings is 1. The third-order valence-electron chi connectivity index (χ3n) is 4.62. The lowest BCUT2D eigenvalue weighted by molar-refractivity contribution is -0.113. The molecule has 1 aromatic rings. The number of amides is 2. The van der Waals surface area contributed by atoms with Gasteiger partial charge < -0.3 is 10.6 Å². The Bertz CT molecular complexity index is 807. The number of nitrogens with one attached hydrogen (secondary N) is 3. The smallest absolute Gasteiger partial charge is 0.253 e. The zero-order chi connectivity index (χ0) is 20.9. The highest BCUT2D eigenvalue weighted by Crippen LogP contribution is 2.24. The van der Waals surface area contributed by atoms with E-state index in [-0.39, 0.29) is 23.2 Å². The third kappa shape index (κ3) is 7.24. The van der Waals surface area contributed by atoms with Gasteiger partial charge in [-0.05, 0) is 64.5 Å². The number of sulfonamides is 1. The number of hydrogen-bond acceptors (Lipinski definition) is 4. The zero-order valence-corrected chi connectivity index (χ0v) is 17.9. The Morgan fingerprint density at radius 3 is 2.29 bits per heavy atom. The Kier molecular flexibility index (Phi) is 7.22. The zero-order valence-electron chi connectivity index (χ0n) is 17.0. The molecule has 8 heteroatoms. The van der Waals surface area contributed by atoms with E-state index in [1.54, 1.807) is 24.3 Å². The first kappa shape index (κ1) is 22.4. The van der Waals surface area contributed by atoms with Crippen LogP contribution < -0.4 is 15.4 Å². The highest BCUT2D eigenvalue weighted by Gasteiger charge is 2.25. The predicted octanol–water partition coefficient (Wildman–Crippen LogP) is 2.65. The summed E-state index contributed by atoms with van der Waals surface area (Å²) < 4.78 is 27.3. The first-order valence-corrected chi connectivity index (χ1v) is 11.3. The molecule has 1 aliphatic carbocycles. The minimum Gasteiger partial charge on any atom is -0.347 e. The van der Waals surface area contributed by atoms with E-state index in [1.807, 2.05) is 20.8 Å². The molecule has 1 fully saturated rings. The fourth-order valence-corrected chi connectivity index (χ4v) is 4.47. The van der Waals surface area contributed by atoms with Crippen LogP contribution in [-0.4, -0.2) is 37.6 Å². The summed E-state index contributed by atoms with van der Waals surface area (Å²) in [5, 5.41) is 5.39. The fraction of sp³-hybridized carbons (Fsp3) is 0.600. The molecule has 0 atom stereocenters. The van der Waals surface area contributed by atoms with Crippen molar-refractivity contribution >= 4 is 27.5 Å². The van der Waals surface area contributed by atoms with E-state index in [4.69, 9.17) is 0 Å². The van der Waals surface area contributed by atoms with Crippen LogP contribution in [0.3, 0.4) is 0 Å². The summed E-state index contributed by atoms with van der Waals surface area (Å²) in [7, 11) is -3.74. The van der Waals surface area contributed by atoms with Crippen LogP contribution in [0.2, 0.25) is 0 Å².